The van der Waals surface area contributed by atoms with E-state index in [1.807, 2.05) is 115 Å². The zero-order chi connectivity index (χ0) is 79.4. The molecular weight excluding hydrogens is 1440 g/mol. The minimum absolute atomic E-state index is 0.0205. The molecule has 4 aliphatic heterocycles. The maximum absolute atomic E-state index is 14.2. The van der Waals surface area contributed by atoms with Gasteiger partial charge in [-0.15, -0.1) is 0 Å². The monoisotopic (exact) mass is 1550 g/mol. The molecule has 16 rings (SSSR count). The van der Waals surface area contributed by atoms with Crippen LogP contribution in [-0.2, 0) is 25.7 Å². The molecule has 12 heterocycles. The van der Waals surface area contributed by atoms with Gasteiger partial charge in [0.2, 0.25) is 0 Å². The lowest BCUT2D eigenvalue weighted by molar-refractivity contribution is 0.0684. The van der Waals surface area contributed by atoms with Gasteiger partial charge in [0, 0.05) is 140 Å². The Hall–Kier alpha value is -9.96. The van der Waals surface area contributed by atoms with Crippen LogP contribution in [-0.4, -0.2) is 166 Å². The molecule has 0 N–H and O–H groups in total. The number of likely N-dealkylation sites (tertiary alicyclic amines) is 4. The summed E-state index contributed by atoms with van der Waals surface area (Å²) in [6.45, 7) is 20.1. The van der Waals surface area contributed by atoms with Crippen molar-refractivity contribution in [3.8, 4) is 33.8 Å². The number of hydrogen-bond acceptors (Lipinski definition) is 13. The largest absolute Gasteiger partial charge is 0.378 e. The number of hydrogen-bond donors (Lipinski definition) is 0. The third-order valence-electron chi connectivity index (χ3n) is 23.6. The number of nitrogens with zero attached hydrogens (tertiary/aromatic N) is 17. The van der Waals surface area contributed by atoms with Gasteiger partial charge in [-0.1, -0.05) is 152 Å². The number of carbonyl (C=O) groups is 4. The van der Waals surface area contributed by atoms with E-state index in [9.17, 15) is 23.6 Å². The van der Waals surface area contributed by atoms with E-state index >= 15 is 0 Å². The van der Waals surface area contributed by atoms with E-state index in [4.69, 9.17) is 36.9 Å². The van der Waals surface area contributed by atoms with Crippen molar-refractivity contribution in [3.05, 3.63) is 183 Å². The lowest BCUT2D eigenvalue weighted by atomic mass is 9.87. The lowest BCUT2D eigenvalue weighted by Gasteiger charge is -2.27. The van der Waals surface area contributed by atoms with E-state index < -0.39 is 0 Å². The van der Waals surface area contributed by atoms with Gasteiger partial charge in [0.15, 0.2) is 22.6 Å². The second-order valence-electron chi connectivity index (χ2n) is 31.7. The lowest BCUT2D eigenvalue weighted by Crippen LogP contribution is -2.38. The fourth-order valence-electron chi connectivity index (χ4n) is 16.8. The molecule has 3 aromatic carbocycles. The highest BCUT2D eigenvalue weighted by molar-refractivity contribution is 6.33. The maximum Gasteiger partial charge on any atom is 0.272 e. The van der Waals surface area contributed by atoms with E-state index in [1.165, 1.54) is 76.7 Å². The van der Waals surface area contributed by atoms with E-state index in [1.54, 1.807) is 28.8 Å². The number of rotatable bonds is 13. The van der Waals surface area contributed by atoms with Gasteiger partial charge >= 0.3 is 0 Å². The minimum Gasteiger partial charge on any atom is -0.378 e. The Kier molecular flexibility index (Phi) is 26.8. The Bertz CT molecular complexity index is 4970. The normalized spacial score (nSPS) is 18.6. The Morgan fingerprint density at radius 3 is 1.10 bits per heavy atom. The minimum atomic E-state index is -0.321. The molecule has 596 valence electrons. The van der Waals surface area contributed by atoms with Gasteiger partial charge in [0.05, 0.1) is 27.8 Å². The number of halogens is 2. The Balaban J connectivity index is 0.000000132. The molecule has 8 aromatic heterocycles. The number of aryl methyl sites for hydroxylation is 4. The Morgan fingerprint density at radius 2 is 0.717 bits per heavy atom. The van der Waals surface area contributed by atoms with Gasteiger partial charge in [0.1, 0.15) is 28.6 Å². The molecule has 4 unspecified atom stereocenters. The maximum atomic E-state index is 14.2. The molecule has 1 saturated carbocycles. The quantitative estimate of drug-likeness (QED) is 0.105. The second-order valence-corrected chi connectivity index (χ2v) is 32.1. The van der Waals surface area contributed by atoms with Gasteiger partial charge in [-0.3, -0.25) is 19.2 Å². The van der Waals surface area contributed by atoms with E-state index in [0.717, 1.165) is 178 Å². The van der Waals surface area contributed by atoms with Gasteiger partial charge in [-0.05, 0) is 172 Å². The third-order valence-corrected chi connectivity index (χ3v) is 23.9. The fourth-order valence-corrected chi connectivity index (χ4v) is 17.0. The van der Waals surface area contributed by atoms with Crippen LogP contribution in [0, 0.1) is 5.82 Å². The van der Waals surface area contributed by atoms with Crippen LogP contribution in [0.1, 0.15) is 267 Å². The third kappa shape index (κ3) is 18.6. The average Bonchev–Trinajstić information content (AvgIpc) is 1.68. The van der Waals surface area contributed by atoms with Gasteiger partial charge in [-0.25, -0.2) is 42.4 Å². The first-order valence-corrected chi connectivity index (χ1v) is 42.3. The highest BCUT2D eigenvalue weighted by Gasteiger charge is 2.31. The van der Waals surface area contributed by atoms with E-state index in [-0.39, 0.29) is 47.6 Å². The summed E-state index contributed by atoms with van der Waals surface area (Å²) in [7, 11) is 4.06. The first kappa shape index (κ1) is 81.1. The summed E-state index contributed by atoms with van der Waals surface area (Å²) in [5.41, 5.74) is 15.6. The summed E-state index contributed by atoms with van der Waals surface area (Å²) >= 11 is 6.34. The molecular formula is C90H113ClFN17O4. The van der Waals surface area contributed by atoms with Crippen LogP contribution in [0.15, 0.2) is 121 Å². The number of aromatic nitrogens is 12. The van der Waals surface area contributed by atoms with Crippen LogP contribution in [0.3, 0.4) is 0 Å². The molecule has 11 aromatic rings. The number of fused-ring (bicyclic) bond motifs is 4. The predicted octanol–water partition coefficient (Wildman–Crippen LogP) is 18.7. The summed E-state index contributed by atoms with van der Waals surface area (Å²) < 4.78 is 21.6. The van der Waals surface area contributed by atoms with Crippen molar-refractivity contribution in [1.82, 2.24) is 78.0 Å². The molecule has 0 radical (unpaired) electrons. The molecule has 5 aliphatic rings. The van der Waals surface area contributed by atoms with Gasteiger partial charge in [-0.2, -0.15) is 20.4 Å². The van der Waals surface area contributed by atoms with Crippen LogP contribution >= 0.6 is 11.6 Å². The molecule has 23 heteroatoms. The van der Waals surface area contributed by atoms with Crippen molar-refractivity contribution in [2.75, 3.05) is 45.2 Å². The zero-order valence-corrected chi connectivity index (χ0v) is 68.7. The zero-order valence-electron chi connectivity index (χ0n) is 67.9. The number of amides is 4. The highest BCUT2D eigenvalue weighted by Crippen LogP contribution is 2.35. The molecule has 4 atom stereocenters. The summed E-state index contributed by atoms with van der Waals surface area (Å²) in [6.07, 6.45) is 27.5. The van der Waals surface area contributed by atoms with E-state index in [0.29, 0.717) is 68.7 Å². The second kappa shape index (κ2) is 37.3. The summed E-state index contributed by atoms with van der Waals surface area (Å²) in [5, 5.41) is 19.6. The Morgan fingerprint density at radius 1 is 0.389 bits per heavy atom. The standard InChI is InChI=1S/C24H31N5O.C22H25ClN4O.C22H25FN4O.C22H32N4O/c1-5-19-15-22(24(30)28-14-8-6-7-9-17(28)2)25-23-16-21(26-29(19)23)18-10-12-20(13-11-18)27(3)4;2*1-3-16-13-20(22(28)26-12-8-4-5-9-15(26)2)24-21-14-19(25-27(16)21)17-10-6-7-11-18(17)23;1-3-18-14-20(22(27)25-13-9-5-6-10-16(25)2)23-21-15-19(24-26(18)21)17-11-7-4-8-12-17/h10-13,15-17H,5-9,14H2,1-4H3;2*6-7,10-11,13-15H,3-5,8-9,12H2,1-2H3;14-17H,3-13H2,1-2H3. The van der Waals surface area contributed by atoms with Crippen molar-refractivity contribution in [3.63, 3.8) is 0 Å². The van der Waals surface area contributed by atoms with Crippen molar-refractivity contribution in [2.24, 2.45) is 0 Å². The SMILES string of the molecule is CCc1cc(C(=O)N2CCCCCC2C)nc2cc(-c3ccc(N(C)C)cc3)nn12.CCc1cc(C(=O)N2CCCCCC2C)nc2cc(-c3ccccc3Cl)nn12.CCc1cc(C(=O)N2CCCCCC2C)nc2cc(-c3ccccc3F)nn12.CCc1cc(C(=O)N2CCCCCC2C)nc2cc(C3CCCCC3)nn12. The first-order chi connectivity index (χ1) is 54.8. The van der Waals surface area contributed by atoms with Crippen LogP contribution in [0.5, 0.6) is 0 Å². The molecule has 5 fully saturated rings. The van der Waals surface area contributed by atoms with Crippen LogP contribution in [0.25, 0.3) is 56.4 Å². The smallest absolute Gasteiger partial charge is 0.272 e. The van der Waals surface area contributed by atoms with E-state index in [2.05, 4.69) is 98.8 Å². The molecule has 0 bridgehead atoms. The molecule has 113 heavy (non-hydrogen) atoms. The summed E-state index contributed by atoms with van der Waals surface area (Å²) in [6, 6.07) is 38.9. The number of benzene rings is 3. The number of anilines is 1. The molecule has 4 amide bonds. The van der Waals surface area contributed by atoms with Crippen molar-refractivity contribution in [1.29, 1.82) is 0 Å². The molecule has 1 aliphatic carbocycles. The Labute approximate surface area is 669 Å². The van der Waals surface area contributed by atoms with Crippen LogP contribution in [0.4, 0.5) is 10.1 Å². The first-order valence-electron chi connectivity index (χ1n) is 41.9. The highest BCUT2D eigenvalue weighted by atomic mass is 35.5. The van der Waals surface area contributed by atoms with Crippen LogP contribution in [0.2, 0.25) is 5.02 Å². The summed E-state index contributed by atoms with van der Waals surface area (Å²) in [5.74, 6) is 0.350. The topological polar surface area (TPSA) is 205 Å². The van der Waals surface area contributed by atoms with Gasteiger partial charge in [0.25, 0.3) is 23.6 Å². The fraction of sp³-hybridized carbons (Fsp3) is 0.489. The predicted molar refractivity (Wildman–Crippen MR) is 447 cm³/mol. The van der Waals surface area contributed by atoms with Gasteiger partial charge < -0.3 is 24.5 Å². The van der Waals surface area contributed by atoms with Crippen molar-refractivity contribution < 1.29 is 23.6 Å². The molecule has 21 nitrogen and oxygen atoms in total. The molecule has 0 spiro atoms. The van der Waals surface area contributed by atoms with Crippen molar-refractivity contribution >= 4 is 63.5 Å². The average molecular weight is 1550 g/mol. The number of carbonyl (C=O) groups excluding carboxylic acids is 4. The van der Waals surface area contributed by atoms with Crippen LogP contribution < -0.4 is 4.90 Å². The summed E-state index contributed by atoms with van der Waals surface area (Å²) in [4.78, 5) is 81.7. The molecule has 4 saturated heterocycles. The van der Waals surface area contributed by atoms with Crippen molar-refractivity contribution in [2.45, 2.75) is 246 Å².